The molecule has 2 fully saturated rings. The first kappa shape index (κ1) is 18.1. The van der Waals surface area contributed by atoms with E-state index in [4.69, 9.17) is 0 Å². The van der Waals surface area contributed by atoms with Crippen LogP contribution in [0, 0.1) is 13.8 Å². The van der Waals surface area contributed by atoms with Crippen molar-refractivity contribution >= 4 is 23.4 Å². The highest BCUT2D eigenvalue weighted by molar-refractivity contribution is 5.94. The van der Waals surface area contributed by atoms with E-state index in [1.165, 1.54) is 12.4 Å². The Bertz CT molecular complexity index is 892. The molecule has 0 aromatic carbocycles. The van der Waals surface area contributed by atoms with Crippen molar-refractivity contribution < 1.29 is 9.59 Å². The fraction of sp³-hybridized carbons (Fsp3) is 0.421. The maximum atomic E-state index is 12.7. The number of aromatic nitrogens is 3. The lowest BCUT2D eigenvalue weighted by Crippen LogP contribution is -2.49. The highest BCUT2D eigenvalue weighted by atomic mass is 16.2. The summed E-state index contributed by atoms with van der Waals surface area (Å²) in [7, 11) is 0. The average Bonchev–Trinajstić information content (AvgIpc) is 3.14. The van der Waals surface area contributed by atoms with Crippen LogP contribution in [0.3, 0.4) is 0 Å². The molecule has 146 valence electrons. The van der Waals surface area contributed by atoms with Gasteiger partial charge in [-0.1, -0.05) is 6.07 Å². The normalized spacial score (nSPS) is 17.1. The lowest BCUT2D eigenvalue weighted by molar-refractivity contribution is 0.0734. The molecule has 4 rings (SSSR count). The van der Waals surface area contributed by atoms with Crippen molar-refractivity contribution in [3.63, 3.8) is 0 Å². The molecular weight excluding hydrogens is 358 g/mol. The van der Waals surface area contributed by atoms with E-state index in [0.717, 1.165) is 16.9 Å². The van der Waals surface area contributed by atoms with E-state index in [0.29, 0.717) is 45.0 Å². The maximum Gasteiger partial charge on any atom is 0.322 e. The summed E-state index contributed by atoms with van der Waals surface area (Å²) in [5.74, 6) is 0.939. The van der Waals surface area contributed by atoms with Gasteiger partial charge in [0, 0.05) is 45.5 Å². The third-order valence-corrected chi connectivity index (χ3v) is 5.05. The summed E-state index contributed by atoms with van der Waals surface area (Å²) in [6.45, 7) is 7.87. The Morgan fingerprint density at radius 3 is 2.32 bits per heavy atom. The molecule has 9 nitrogen and oxygen atoms in total. The highest BCUT2D eigenvalue weighted by Gasteiger charge is 2.26. The predicted molar refractivity (Wildman–Crippen MR) is 105 cm³/mol. The van der Waals surface area contributed by atoms with E-state index >= 15 is 0 Å². The number of piperazine rings is 1. The van der Waals surface area contributed by atoms with Gasteiger partial charge >= 0.3 is 6.03 Å². The van der Waals surface area contributed by atoms with Gasteiger partial charge in [-0.15, -0.1) is 0 Å². The van der Waals surface area contributed by atoms with Crippen molar-refractivity contribution in [2.45, 2.75) is 13.8 Å². The summed E-state index contributed by atoms with van der Waals surface area (Å²) in [4.78, 5) is 42.9. The number of nitrogens with one attached hydrogen (secondary N) is 1. The monoisotopic (exact) mass is 381 g/mol. The Morgan fingerprint density at radius 1 is 1.00 bits per heavy atom. The molecule has 28 heavy (non-hydrogen) atoms. The zero-order valence-corrected chi connectivity index (χ0v) is 16.1. The second kappa shape index (κ2) is 7.41. The molecular formula is C19H23N7O2. The van der Waals surface area contributed by atoms with E-state index < -0.39 is 0 Å². The number of nitrogens with zero attached hydrogens (tertiary/aromatic N) is 6. The van der Waals surface area contributed by atoms with Gasteiger partial charge < -0.3 is 15.1 Å². The minimum absolute atomic E-state index is 0.154. The standard InChI is InChI=1S/C19H23N7O2/c1-13-9-14(2)17(23-10-13)24-5-7-25(8-6-24)18(27)16-21-11-15(12-22-16)26-4-3-20-19(26)28/h9-12H,3-8H2,1-2H3,(H,20,28). The van der Waals surface area contributed by atoms with Crippen LogP contribution in [0.2, 0.25) is 0 Å². The molecule has 3 amide bonds. The molecule has 2 aliphatic rings. The lowest BCUT2D eigenvalue weighted by Gasteiger charge is -2.35. The molecule has 0 unspecified atom stereocenters. The summed E-state index contributed by atoms with van der Waals surface area (Å²) < 4.78 is 0. The number of hydrogen-bond donors (Lipinski definition) is 1. The van der Waals surface area contributed by atoms with Gasteiger partial charge in [-0.2, -0.15) is 0 Å². The lowest BCUT2D eigenvalue weighted by atomic mass is 10.2. The molecule has 2 saturated heterocycles. The summed E-state index contributed by atoms with van der Waals surface area (Å²) in [6.07, 6.45) is 4.93. The number of pyridine rings is 1. The van der Waals surface area contributed by atoms with Gasteiger partial charge in [-0.05, 0) is 25.0 Å². The molecule has 0 radical (unpaired) electrons. The summed E-state index contributed by atoms with van der Waals surface area (Å²) in [5, 5.41) is 2.73. The number of carbonyl (C=O) groups is 2. The number of rotatable bonds is 3. The van der Waals surface area contributed by atoms with Crippen LogP contribution in [-0.4, -0.2) is 71.1 Å². The van der Waals surface area contributed by atoms with Crippen molar-refractivity contribution in [3.8, 4) is 0 Å². The third kappa shape index (κ3) is 3.47. The Hall–Kier alpha value is -3.23. The number of urea groups is 1. The zero-order valence-electron chi connectivity index (χ0n) is 16.1. The number of hydrogen-bond acceptors (Lipinski definition) is 6. The highest BCUT2D eigenvalue weighted by Crippen LogP contribution is 2.20. The minimum Gasteiger partial charge on any atom is -0.353 e. The SMILES string of the molecule is Cc1cnc(N2CCN(C(=O)c3ncc(N4CCNC4=O)cn3)CC2)c(C)c1. The molecule has 1 N–H and O–H groups in total. The van der Waals surface area contributed by atoms with Crippen LogP contribution in [-0.2, 0) is 0 Å². The molecule has 2 aliphatic heterocycles. The number of carbonyl (C=O) groups excluding carboxylic acids is 2. The maximum absolute atomic E-state index is 12.7. The molecule has 4 heterocycles. The first-order valence-corrected chi connectivity index (χ1v) is 9.38. The van der Waals surface area contributed by atoms with Crippen molar-refractivity contribution in [2.75, 3.05) is 49.1 Å². The van der Waals surface area contributed by atoms with Crippen LogP contribution < -0.4 is 15.1 Å². The molecule has 0 saturated carbocycles. The van der Waals surface area contributed by atoms with Crippen molar-refractivity contribution in [1.29, 1.82) is 0 Å². The molecule has 2 aromatic heterocycles. The van der Waals surface area contributed by atoms with Gasteiger partial charge in [0.2, 0.25) is 5.82 Å². The molecule has 9 heteroatoms. The van der Waals surface area contributed by atoms with E-state index in [1.807, 2.05) is 13.1 Å². The molecule has 2 aromatic rings. The van der Waals surface area contributed by atoms with Crippen molar-refractivity contribution in [3.05, 3.63) is 41.6 Å². The first-order chi connectivity index (χ1) is 13.5. The molecule has 0 bridgehead atoms. The summed E-state index contributed by atoms with van der Waals surface area (Å²) in [6, 6.07) is 1.95. The van der Waals surface area contributed by atoms with Crippen molar-refractivity contribution in [1.82, 2.24) is 25.2 Å². The third-order valence-electron chi connectivity index (χ3n) is 5.05. The van der Waals surface area contributed by atoms with Gasteiger partial charge in [0.25, 0.3) is 5.91 Å². The van der Waals surface area contributed by atoms with Gasteiger partial charge in [0.15, 0.2) is 0 Å². The van der Waals surface area contributed by atoms with Crippen LogP contribution in [0.15, 0.2) is 24.7 Å². The van der Waals surface area contributed by atoms with Crippen LogP contribution in [0.1, 0.15) is 21.7 Å². The molecule has 0 atom stereocenters. The quantitative estimate of drug-likeness (QED) is 0.852. The fourth-order valence-electron chi connectivity index (χ4n) is 3.59. The minimum atomic E-state index is -0.189. The van der Waals surface area contributed by atoms with E-state index in [9.17, 15) is 9.59 Å². The Morgan fingerprint density at radius 2 is 1.71 bits per heavy atom. The number of aryl methyl sites for hydroxylation is 2. The Labute approximate surface area is 163 Å². The van der Waals surface area contributed by atoms with E-state index in [2.05, 4.69) is 38.2 Å². The smallest absolute Gasteiger partial charge is 0.322 e. The fourth-order valence-corrected chi connectivity index (χ4v) is 3.59. The second-order valence-corrected chi connectivity index (χ2v) is 7.08. The Kier molecular flexibility index (Phi) is 4.81. The zero-order chi connectivity index (χ0) is 19.7. The number of anilines is 2. The topological polar surface area (TPSA) is 94.6 Å². The predicted octanol–water partition coefficient (Wildman–Crippen LogP) is 0.980. The van der Waals surface area contributed by atoms with Gasteiger partial charge in [0.1, 0.15) is 5.82 Å². The van der Waals surface area contributed by atoms with Gasteiger partial charge in [0.05, 0.1) is 18.1 Å². The number of amides is 3. The summed E-state index contributed by atoms with van der Waals surface area (Å²) >= 11 is 0. The largest absolute Gasteiger partial charge is 0.353 e. The van der Waals surface area contributed by atoms with Crippen molar-refractivity contribution in [2.24, 2.45) is 0 Å². The van der Waals surface area contributed by atoms with Gasteiger partial charge in [-0.25, -0.2) is 19.7 Å². The van der Waals surface area contributed by atoms with Crippen LogP contribution in [0.5, 0.6) is 0 Å². The average molecular weight is 381 g/mol. The molecule has 0 spiro atoms. The first-order valence-electron chi connectivity index (χ1n) is 9.38. The van der Waals surface area contributed by atoms with Crippen LogP contribution in [0.25, 0.3) is 0 Å². The Balaban J connectivity index is 1.39. The van der Waals surface area contributed by atoms with Crippen LogP contribution in [0.4, 0.5) is 16.3 Å². The molecule has 0 aliphatic carbocycles. The van der Waals surface area contributed by atoms with E-state index in [1.54, 1.807) is 9.80 Å². The summed E-state index contributed by atoms with van der Waals surface area (Å²) in [5.41, 5.74) is 2.88. The van der Waals surface area contributed by atoms with Crippen LogP contribution >= 0.6 is 0 Å². The second-order valence-electron chi connectivity index (χ2n) is 7.08. The van der Waals surface area contributed by atoms with Gasteiger partial charge in [-0.3, -0.25) is 9.69 Å². The van der Waals surface area contributed by atoms with E-state index in [-0.39, 0.29) is 17.8 Å².